The van der Waals surface area contributed by atoms with Gasteiger partial charge in [-0.15, -0.1) is 11.3 Å². The van der Waals surface area contributed by atoms with E-state index in [1.807, 2.05) is 25.1 Å². The number of aromatic nitrogens is 1. The first-order chi connectivity index (χ1) is 9.63. The van der Waals surface area contributed by atoms with Gasteiger partial charge < -0.3 is 0 Å². The zero-order valence-electron chi connectivity index (χ0n) is 10.5. The minimum atomic E-state index is -0.299. The van der Waals surface area contributed by atoms with Crippen LogP contribution in [0.3, 0.4) is 0 Å². The first kappa shape index (κ1) is 13.0. The molecule has 0 spiro atoms. The number of carbonyl (C=O) groups is 1. The molecule has 2 heterocycles. The van der Waals surface area contributed by atoms with E-state index >= 15 is 0 Å². The van der Waals surface area contributed by atoms with Crippen molar-refractivity contribution in [2.24, 2.45) is 0 Å². The highest BCUT2D eigenvalue weighted by Crippen LogP contribution is 2.19. The van der Waals surface area contributed by atoms with E-state index in [1.165, 1.54) is 11.3 Å². The van der Waals surface area contributed by atoms with Crippen molar-refractivity contribution in [2.75, 3.05) is 5.32 Å². The van der Waals surface area contributed by atoms with Crippen LogP contribution in [0.2, 0.25) is 0 Å². The summed E-state index contributed by atoms with van der Waals surface area (Å²) < 4.78 is -0.108. The van der Waals surface area contributed by atoms with Crippen LogP contribution in [0.4, 0.5) is 5.13 Å². The van der Waals surface area contributed by atoms with Gasteiger partial charge in [0, 0.05) is 16.5 Å². The topological polar surface area (TPSA) is 59.1 Å². The molecule has 0 unspecified atom stereocenters. The Morgan fingerprint density at radius 3 is 2.80 bits per heavy atom. The van der Waals surface area contributed by atoms with E-state index < -0.39 is 0 Å². The number of carbonyl (C=O) groups excluding carboxylic acids is 1. The minimum absolute atomic E-state index is 0.108. The Hall–Kier alpha value is -2.05. The Morgan fingerprint density at radius 1 is 1.25 bits per heavy atom. The monoisotopic (exact) mass is 302 g/mol. The lowest BCUT2D eigenvalue weighted by molar-refractivity contribution is 0.103. The van der Waals surface area contributed by atoms with Crippen LogP contribution < -0.4 is 10.1 Å². The highest BCUT2D eigenvalue weighted by atomic mass is 32.1. The molecule has 0 saturated heterocycles. The first-order valence-electron chi connectivity index (χ1n) is 5.90. The van der Waals surface area contributed by atoms with Gasteiger partial charge in [0.1, 0.15) is 0 Å². The maximum Gasteiger partial charge on any atom is 0.267 e. The molecular weight excluding hydrogens is 292 g/mol. The van der Waals surface area contributed by atoms with E-state index in [0.717, 1.165) is 21.6 Å². The lowest BCUT2D eigenvalue weighted by Crippen LogP contribution is -2.12. The van der Waals surface area contributed by atoms with E-state index in [1.54, 1.807) is 18.3 Å². The molecule has 0 aliphatic rings. The number of benzene rings is 1. The van der Waals surface area contributed by atoms with E-state index in [2.05, 4.69) is 10.3 Å². The summed E-state index contributed by atoms with van der Waals surface area (Å²) >= 11 is 2.35. The molecule has 0 fully saturated rings. The minimum Gasteiger partial charge on any atom is -0.297 e. The van der Waals surface area contributed by atoms with Gasteiger partial charge in [0.2, 0.25) is 4.74 Å². The Balaban J connectivity index is 1.97. The molecule has 0 aliphatic carbocycles. The van der Waals surface area contributed by atoms with Crippen molar-refractivity contribution < 1.29 is 4.79 Å². The number of hydrogen-bond donors (Lipinski definition) is 1. The third kappa shape index (κ3) is 2.48. The maximum atomic E-state index is 12.1. The average Bonchev–Trinajstić information content (AvgIpc) is 2.84. The van der Waals surface area contributed by atoms with Gasteiger partial charge >= 0.3 is 0 Å². The van der Waals surface area contributed by atoms with Crippen molar-refractivity contribution >= 4 is 44.5 Å². The van der Waals surface area contributed by atoms with Gasteiger partial charge in [-0.3, -0.25) is 14.9 Å². The maximum absolute atomic E-state index is 12.1. The highest BCUT2D eigenvalue weighted by Gasteiger charge is 2.11. The number of fused-ring (bicyclic) bond motifs is 1. The van der Waals surface area contributed by atoms with Crippen LogP contribution >= 0.6 is 22.7 Å². The van der Waals surface area contributed by atoms with Crippen molar-refractivity contribution in [3.63, 3.8) is 0 Å². The van der Waals surface area contributed by atoms with Crippen molar-refractivity contribution in [2.45, 2.75) is 6.92 Å². The van der Waals surface area contributed by atoms with Crippen molar-refractivity contribution in [1.82, 2.24) is 4.98 Å². The number of anilines is 1. The third-order valence-electron chi connectivity index (χ3n) is 2.74. The molecule has 0 radical (unpaired) electrons. The number of nitrogens with one attached hydrogen (secondary N) is 1. The van der Waals surface area contributed by atoms with Crippen molar-refractivity contribution in [3.8, 4) is 0 Å². The van der Waals surface area contributed by atoms with E-state index in [9.17, 15) is 9.59 Å². The zero-order chi connectivity index (χ0) is 14.1. The number of hydrogen-bond acceptors (Lipinski definition) is 5. The summed E-state index contributed by atoms with van der Waals surface area (Å²) in [5, 5.41) is 4.67. The summed E-state index contributed by atoms with van der Waals surface area (Å²) in [5.74, 6) is -0.299. The largest absolute Gasteiger partial charge is 0.297 e. The van der Waals surface area contributed by atoms with Crippen LogP contribution in [0.25, 0.3) is 10.8 Å². The first-order valence-corrected chi connectivity index (χ1v) is 7.53. The SMILES string of the molecule is Cc1cnc(NC(=O)c2cc3ccccc3c(=O)s2)s1. The quantitative estimate of drug-likeness (QED) is 0.790. The molecule has 1 N–H and O–H groups in total. The smallest absolute Gasteiger partial charge is 0.267 e. The molecule has 20 heavy (non-hydrogen) atoms. The lowest BCUT2D eigenvalue weighted by atomic mass is 10.2. The standard InChI is InChI=1S/C14H10N2O2S2/c1-8-7-15-14(19-8)16-12(17)11-6-9-4-2-3-5-10(9)13(18)20-11/h2-7H,1H3,(H,15,16,17). The molecule has 0 atom stereocenters. The van der Waals surface area contributed by atoms with E-state index in [4.69, 9.17) is 0 Å². The summed E-state index contributed by atoms with van der Waals surface area (Å²) in [7, 11) is 0. The van der Waals surface area contributed by atoms with Gasteiger partial charge in [-0.25, -0.2) is 4.98 Å². The Bertz CT molecular complexity index is 852. The van der Waals surface area contributed by atoms with Crippen LogP contribution in [-0.4, -0.2) is 10.9 Å². The van der Waals surface area contributed by atoms with E-state index in [0.29, 0.717) is 15.4 Å². The van der Waals surface area contributed by atoms with Crippen molar-refractivity contribution in [3.05, 3.63) is 55.8 Å². The predicted molar refractivity (Wildman–Crippen MR) is 82.9 cm³/mol. The Kier molecular flexibility index (Phi) is 3.33. The second-order valence-electron chi connectivity index (χ2n) is 4.22. The van der Waals surface area contributed by atoms with Crippen LogP contribution in [0.1, 0.15) is 14.5 Å². The summed E-state index contributed by atoms with van der Waals surface area (Å²) in [6.45, 7) is 1.92. The second kappa shape index (κ2) is 5.15. The number of rotatable bonds is 2. The van der Waals surface area contributed by atoms with Gasteiger partial charge in [0.25, 0.3) is 5.91 Å². The number of aryl methyl sites for hydroxylation is 1. The number of amides is 1. The normalized spacial score (nSPS) is 10.7. The second-order valence-corrected chi connectivity index (χ2v) is 6.47. The van der Waals surface area contributed by atoms with Crippen molar-refractivity contribution in [1.29, 1.82) is 0 Å². The van der Waals surface area contributed by atoms with Crippen LogP contribution in [-0.2, 0) is 0 Å². The molecule has 0 saturated carbocycles. The average molecular weight is 302 g/mol. The van der Waals surface area contributed by atoms with Gasteiger partial charge in [-0.05, 0) is 24.4 Å². The fourth-order valence-corrected chi connectivity index (χ4v) is 3.30. The fourth-order valence-electron chi connectivity index (χ4n) is 1.82. The molecular formula is C14H10N2O2S2. The fraction of sp³-hybridized carbons (Fsp3) is 0.0714. The van der Waals surface area contributed by atoms with Crippen LogP contribution in [0.5, 0.6) is 0 Å². The molecule has 3 rings (SSSR count). The molecule has 4 nitrogen and oxygen atoms in total. The molecule has 6 heteroatoms. The van der Waals surface area contributed by atoms with Gasteiger partial charge in [0.05, 0.1) is 4.88 Å². The summed E-state index contributed by atoms with van der Waals surface area (Å²) in [5.41, 5.74) is 0. The molecule has 1 amide bonds. The van der Waals surface area contributed by atoms with Crippen LogP contribution in [0.15, 0.2) is 41.3 Å². The Morgan fingerprint density at radius 2 is 2.05 bits per heavy atom. The highest BCUT2D eigenvalue weighted by molar-refractivity contribution is 7.16. The summed E-state index contributed by atoms with van der Waals surface area (Å²) in [6.07, 6.45) is 1.70. The van der Waals surface area contributed by atoms with E-state index in [-0.39, 0.29) is 10.6 Å². The predicted octanol–water partition coefficient (Wildman–Crippen LogP) is 3.28. The summed E-state index contributed by atoms with van der Waals surface area (Å²) in [4.78, 5) is 29.6. The van der Waals surface area contributed by atoms with Crippen LogP contribution in [0, 0.1) is 6.92 Å². The Labute approximate surface area is 122 Å². The van der Waals surface area contributed by atoms with Gasteiger partial charge in [-0.2, -0.15) is 0 Å². The molecule has 100 valence electrons. The molecule has 1 aromatic carbocycles. The number of nitrogens with zero attached hydrogens (tertiary/aromatic N) is 1. The van der Waals surface area contributed by atoms with Gasteiger partial charge in [0.15, 0.2) is 5.13 Å². The van der Waals surface area contributed by atoms with Gasteiger partial charge in [-0.1, -0.05) is 29.5 Å². The molecule has 0 bridgehead atoms. The number of thiazole rings is 1. The molecule has 3 aromatic rings. The molecule has 2 aromatic heterocycles. The summed E-state index contributed by atoms with van der Waals surface area (Å²) in [6, 6.07) is 8.98. The third-order valence-corrected chi connectivity index (χ3v) is 4.49. The zero-order valence-corrected chi connectivity index (χ0v) is 12.2. The molecule has 0 aliphatic heterocycles. The lowest BCUT2D eigenvalue weighted by Gasteiger charge is -2.02.